The lowest BCUT2D eigenvalue weighted by Gasteiger charge is -2.82. The van der Waals surface area contributed by atoms with E-state index >= 15 is 0 Å². The number of aliphatic carboxylic acids is 4. The van der Waals surface area contributed by atoms with Crippen molar-refractivity contribution in [3.05, 3.63) is 0 Å². The molecule has 0 unspecified atom stereocenters. The number of carbonyl (C=O) groups is 4. The zero-order chi connectivity index (χ0) is 24.4. The van der Waals surface area contributed by atoms with Crippen LogP contribution < -0.4 is 0 Å². The third-order valence-electron chi connectivity index (χ3n) is 6.63. The van der Waals surface area contributed by atoms with Crippen LogP contribution in [0.25, 0.3) is 0 Å². The van der Waals surface area contributed by atoms with Crippen LogP contribution in [0.3, 0.4) is 0 Å². The number of ether oxygens (including phenoxy) is 1. The molecule has 31 heavy (non-hydrogen) atoms. The summed E-state index contributed by atoms with van der Waals surface area (Å²) in [7, 11) is -5.77. The molecule has 13 nitrogen and oxygen atoms in total. The normalized spacial score (nSPS) is 29.1. The van der Waals surface area contributed by atoms with E-state index in [0.717, 1.165) is 0 Å². The van der Waals surface area contributed by atoms with Crippen molar-refractivity contribution in [1.29, 1.82) is 0 Å². The summed E-state index contributed by atoms with van der Waals surface area (Å²) in [5, 5.41) is 78.7. The minimum absolute atomic E-state index is 0.965. The quantitative estimate of drug-likeness (QED) is 0.153. The van der Waals surface area contributed by atoms with Crippen LogP contribution in [0.5, 0.6) is 0 Å². The van der Waals surface area contributed by atoms with Gasteiger partial charge in [-0.3, -0.25) is 19.2 Å². The van der Waals surface area contributed by atoms with Gasteiger partial charge in [0.1, 0.15) is 29.9 Å². The number of hydrogen-bond acceptors (Lipinski definition) is 9. The number of aliphatic hydroxyl groups is 4. The molecule has 1 aliphatic heterocycles. The third kappa shape index (κ3) is 4.10. The second-order valence-corrected chi connectivity index (χ2v) is 16.5. The zero-order valence-electron chi connectivity index (χ0n) is 17.0. The minimum atomic E-state index is -5.77. The van der Waals surface area contributed by atoms with Crippen molar-refractivity contribution in [1.82, 2.24) is 0 Å². The number of rotatable bonds is 11. The topological polar surface area (TPSA) is 239 Å². The van der Waals surface area contributed by atoms with Crippen LogP contribution in [0, 0.1) is 0 Å². The third-order valence-corrected chi connectivity index (χ3v) is 16.6. The van der Waals surface area contributed by atoms with Gasteiger partial charge >= 0.3 is 23.9 Å². The highest BCUT2D eigenvalue weighted by molar-refractivity contribution is 8.66. The molecule has 0 aliphatic carbocycles. The summed E-state index contributed by atoms with van der Waals surface area (Å²) in [6, 6.07) is 0. The maximum absolute atomic E-state index is 12.1. The van der Waals surface area contributed by atoms with E-state index in [4.69, 9.17) is 4.74 Å². The SMILES string of the molecule is CC(C)S(CC(=O)O)(CC(=O)O)(CC(=O)O)(CC(=O)O)[C@@H]1O[C@H](CO)[C@H](O)[C@H](O)[C@H]1O. The molecule has 1 aliphatic rings. The predicted octanol–water partition coefficient (Wildman–Crippen LogP) is -2.59. The van der Waals surface area contributed by atoms with Crippen molar-refractivity contribution in [2.45, 2.75) is 48.9 Å². The molecule has 8 N–H and O–H groups in total. The second-order valence-electron chi connectivity index (χ2n) is 8.59. The van der Waals surface area contributed by atoms with Gasteiger partial charge in [-0.25, -0.2) is 8.29 Å². The van der Waals surface area contributed by atoms with E-state index in [9.17, 15) is 60.0 Å². The largest absolute Gasteiger partial charge is 0.481 e. The molecule has 0 aromatic carbocycles. The van der Waals surface area contributed by atoms with E-state index in [2.05, 4.69) is 0 Å². The summed E-state index contributed by atoms with van der Waals surface area (Å²) in [6.07, 6.45) is -7.89. The van der Waals surface area contributed by atoms with Gasteiger partial charge in [-0.05, 0) is 5.25 Å². The Balaban J connectivity index is 4.28. The molecule has 1 heterocycles. The van der Waals surface area contributed by atoms with Crippen molar-refractivity contribution in [2.24, 2.45) is 0 Å². The van der Waals surface area contributed by atoms with Crippen molar-refractivity contribution in [2.75, 3.05) is 29.6 Å². The highest BCUT2D eigenvalue weighted by atomic mass is 32.4. The Hall–Kier alpha value is -1.97. The Morgan fingerprint density at radius 2 is 1.10 bits per heavy atom. The summed E-state index contributed by atoms with van der Waals surface area (Å²) in [5.41, 5.74) is -2.12. The average Bonchev–Trinajstić information content (AvgIpc) is 2.57. The molecule has 1 saturated heterocycles. The molecule has 1 rings (SSSR count). The van der Waals surface area contributed by atoms with Crippen LogP contribution in [0.4, 0.5) is 0 Å². The van der Waals surface area contributed by atoms with E-state index in [1.54, 1.807) is 0 Å². The number of hydrogen-bond donors (Lipinski definition) is 8. The summed E-state index contributed by atoms with van der Waals surface area (Å²) in [5.74, 6) is -12.0. The van der Waals surface area contributed by atoms with Gasteiger partial charge in [0.05, 0.1) is 29.6 Å². The molecule has 0 radical (unpaired) electrons. The summed E-state index contributed by atoms with van der Waals surface area (Å²) in [6.45, 7) is 1.54. The van der Waals surface area contributed by atoms with Crippen molar-refractivity contribution in [3.63, 3.8) is 0 Å². The first-order chi connectivity index (χ1) is 14.0. The number of carboxylic acids is 4. The van der Waals surface area contributed by atoms with Crippen molar-refractivity contribution < 1.29 is 64.8 Å². The molecule has 0 bridgehead atoms. The van der Waals surface area contributed by atoms with Gasteiger partial charge in [-0.15, -0.1) is 0 Å². The number of aliphatic hydroxyl groups excluding tert-OH is 4. The molecule has 0 aromatic rings. The van der Waals surface area contributed by atoms with Crippen molar-refractivity contribution in [3.8, 4) is 0 Å². The lowest BCUT2D eigenvalue weighted by molar-refractivity contribution is -0.208. The van der Waals surface area contributed by atoms with E-state index in [1.807, 2.05) is 0 Å². The fourth-order valence-corrected chi connectivity index (χ4v) is 12.9. The lowest BCUT2D eigenvalue weighted by atomic mass is 10.0. The van der Waals surface area contributed by atoms with Crippen molar-refractivity contribution >= 4 is 32.2 Å². The van der Waals surface area contributed by atoms with Gasteiger partial charge in [-0.2, -0.15) is 0 Å². The molecule has 14 heteroatoms. The predicted molar refractivity (Wildman–Crippen MR) is 107 cm³/mol. The van der Waals surface area contributed by atoms with Gasteiger partial charge in [0, 0.05) is 0 Å². The van der Waals surface area contributed by atoms with Crippen LogP contribution in [0.15, 0.2) is 0 Å². The van der Waals surface area contributed by atoms with Crippen LogP contribution in [0.1, 0.15) is 13.8 Å². The van der Waals surface area contributed by atoms with Crippen LogP contribution in [-0.2, 0) is 23.9 Å². The maximum Gasteiger partial charge on any atom is 0.310 e. The Morgan fingerprint density at radius 3 is 1.35 bits per heavy atom. The minimum Gasteiger partial charge on any atom is -0.481 e. The maximum atomic E-state index is 12.1. The van der Waals surface area contributed by atoms with Gasteiger partial charge in [0.25, 0.3) is 0 Å². The lowest BCUT2D eigenvalue weighted by Crippen LogP contribution is -2.74. The highest BCUT2D eigenvalue weighted by Gasteiger charge is 2.76. The summed E-state index contributed by atoms with van der Waals surface area (Å²) in [4.78, 5) is 48.3. The van der Waals surface area contributed by atoms with Gasteiger partial charge in [0.2, 0.25) is 0 Å². The Bertz CT molecular complexity index is 682. The smallest absolute Gasteiger partial charge is 0.310 e. The van der Waals surface area contributed by atoms with Crippen LogP contribution in [-0.4, -0.2) is 129 Å². The molecule has 0 amide bonds. The average molecular weight is 474 g/mol. The molecule has 1 fully saturated rings. The first-order valence-corrected chi connectivity index (χ1v) is 12.5. The van der Waals surface area contributed by atoms with E-state index in [-0.39, 0.29) is 0 Å². The molecular weight excluding hydrogens is 444 g/mol. The molecule has 0 aromatic heterocycles. The Kier molecular flexibility index (Phi) is 7.44. The Morgan fingerprint density at radius 1 is 0.742 bits per heavy atom. The molecule has 0 spiro atoms. The molecule has 5 atom stereocenters. The molecule has 0 saturated carbocycles. The first-order valence-electron chi connectivity index (χ1n) is 9.21. The summed E-state index contributed by atoms with van der Waals surface area (Å²) >= 11 is 0. The fraction of sp³-hybridized carbons (Fsp3) is 0.765. The Labute approximate surface area is 176 Å². The van der Waals surface area contributed by atoms with E-state index in [1.165, 1.54) is 13.8 Å². The molecular formula is C17H30O13S. The van der Waals surface area contributed by atoms with Gasteiger partial charge < -0.3 is 45.6 Å². The highest BCUT2D eigenvalue weighted by Crippen LogP contribution is 2.94. The summed E-state index contributed by atoms with van der Waals surface area (Å²) < 4.78 is 5.56. The standard InChI is InChI=1S/C17H30O13S/c1-8(2)31(4-10(19)20,5-11(21)22,6-12(23)24,7-13(25)26)17-16(29)15(28)14(27)9(3-18)30-17/h8-9,14-18,27-29H,3-7H2,1-2H3,(H,19,20)(H,21,22)(H,23,24)(H,25,26)/t9-,14+,15+,16-,17+/m1/s1. The second kappa shape index (κ2) is 8.52. The molecule has 182 valence electrons. The van der Waals surface area contributed by atoms with Gasteiger partial charge in [0.15, 0.2) is 0 Å². The zero-order valence-corrected chi connectivity index (χ0v) is 17.8. The number of carboxylic acid groups (broad SMARTS) is 4. The fourth-order valence-electron chi connectivity index (χ4n) is 4.92. The van der Waals surface area contributed by atoms with Crippen LogP contribution >= 0.6 is 8.29 Å². The van der Waals surface area contributed by atoms with Gasteiger partial charge in [-0.1, -0.05) is 13.8 Å². The monoisotopic (exact) mass is 474 g/mol. The van der Waals surface area contributed by atoms with E-state index < -0.39 is 96.9 Å². The first kappa shape index (κ1) is 27.1. The van der Waals surface area contributed by atoms with Crippen LogP contribution in [0.2, 0.25) is 0 Å². The van der Waals surface area contributed by atoms with E-state index in [0.29, 0.717) is 0 Å².